The van der Waals surface area contributed by atoms with Crippen LogP contribution in [0.2, 0.25) is 0 Å². The largest absolute Gasteiger partial charge is 0.365 e. The lowest BCUT2D eigenvalue weighted by molar-refractivity contribution is 0.495. The standard InChI is InChI=1S/C39H33N3S/c1-25-26(2)42(29-23-33(27-13-6-4-7-14-27)40-34(24-29)28-15-8-5-9-16-28)35-21-20-31-30-17-10-11-19-36(30)43-39-32(38(31)37(25)35)18-12-22-41(39)3/h4-21,23-26H,22H2,1-3H3. The van der Waals surface area contributed by atoms with Gasteiger partial charge in [0.15, 0.2) is 0 Å². The van der Waals surface area contributed by atoms with E-state index in [4.69, 9.17) is 4.98 Å². The number of nitrogens with zero attached hydrogens (tertiary/aromatic N) is 3. The Morgan fingerprint density at radius 1 is 0.744 bits per heavy atom. The molecular formula is C39H33N3S. The van der Waals surface area contributed by atoms with Gasteiger partial charge in [-0.3, -0.25) is 0 Å². The van der Waals surface area contributed by atoms with Crippen molar-refractivity contribution in [3.63, 3.8) is 0 Å². The maximum atomic E-state index is 5.16. The van der Waals surface area contributed by atoms with Gasteiger partial charge in [0, 0.05) is 58.5 Å². The molecule has 0 radical (unpaired) electrons. The van der Waals surface area contributed by atoms with Crippen LogP contribution in [0.5, 0.6) is 0 Å². The van der Waals surface area contributed by atoms with Gasteiger partial charge in [-0.2, -0.15) is 0 Å². The van der Waals surface area contributed by atoms with Gasteiger partial charge in [-0.1, -0.05) is 116 Å². The molecule has 0 bridgehead atoms. The summed E-state index contributed by atoms with van der Waals surface area (Å²) in [5.74, 6) is 0.336. The van der Waals surface area contributed by atoms with Crippen LogP contribution in [0, 0.1) is 0 Å². The smallest absolute Gasteiger partial charge is 0.0836 e. The number of anilines is 2. The molecule has 43 heavy (non-hydrogen) atoms. The number of allylic oxidation sites excluding steroid dienone is 2. The summed E-state index contributed by atoms with van der Waals surface area (Å²) >= 11 is 1.90. The first-order valence-corrected chi connectivity index (χ1v) is 15.9. The zero-order valence-corrected chi connectivity index (χ0v) is 25.5. The molecule has 210 valence electrons. The van der Waals surface area contributed by atoms with Crippen molar-refractivity contribution in [1.82, 2.24) is 9.88 Å². The third-order valence-corrected chi connectivity index (χ3v) is 10.5. The Morgan fingerprint density at radius 2 is 1.40 bits per heavy atom. The third-order valence-electron chi connectivity index (χ3n) is 9.19. The average molecular weight is 576 g/mol. The minimum absolute atomic E-state index is 0.275. The Kier molecular flexibility index (Phi) is 6.27. The zero-order valence-electron chi connectivity index (χ0n) is 24.7. The van der Waals surface area contributed by atoms with Crippen LogP contribution in [-0.4, -0.2) is 29.5 Å². The lowest BCUT2D eigenvalue weighted by atomic mass is 9.84. The maximum absolute atomic E-state index is 5.16. The normalized spacial score (nSPS) is 18.6. The molecule has 0 saturated heterocycles. The lowest BCUT2D eigenvalue weighted by Gasteiger charge is -2.28. The molecule has 3 aliphatic rings. The molecule has 2 unspecified atom stereocenters. The van der Waals surface area contributed by atoms with Crippen LogP contribution in [0.15, 0.2) is 131 Å². The highest BCUT2D eigenvalue weighted by molar-refractivity contribution is 8.03. The summed E-state index contributed by atoms with van der Waals surface area (Å²) in [6.45, 7) is 5.71. The van der Waals surface area contributed by atoms with Crippen molar-refractivity contribution in [2.45, 2.75) is 30.7 Å². The third kappa shape index (κ3) is 4.24. The number of aromatic nitrogens is 1. The van der Waals surface area contributed by atoms with E-state index in [2.05, 4.69) is 152 Å². The van der Waals surface area contributed by atoms with Gasteiger partial charge >= 0.3 is 0 Å². The first kappa shape index (κ1) is 26.1. The molecule has 4 heterocycles. The fourth-order valence-electron chi connectivity index (χ4n) is 6.92. The summed E-state index contributed by atoms with van der Waals surface area (Å²) in [5.41, 5.74) is 13.5. The SMILES string of the molecule is CC1c2c(ccc3c2C2=C(Sc4ccccc4-3)N(C)CC=C2)N(c2cc(-c3ccccc3)nc(-c3ccccc3)c2)C1C. The number of rotatable bonds is 3. The van der Waals surface area contributed by atoms with Gasteiger partial charge in [-0.25, -0.2) is 4.98 Å². The van der Waals surface area contributed by atoms with E-state index in [0.29, 0.717) is 5.92 Å². The molecule has 0 fully saturated rings. The number of fused-ring (bicyclic) bond motifs is 6. The Labute approximate surface area is 258 Å². The van der Waals surface area contributed by atoms with Crippen molar-refractivity contribution < 1.29 is 0 Å². The monoisotopic (exact) mass is 575 g/mol. The van der Waals surface area contributed by atoms with Crippen molar-refractivity contribution in [2.24, 2.45) is 0 Å². The predicted molar refractivity (Wildman–Crippen MR) is 182 cm³/mol. The van der Waals surface area contributed by atoms with Gasteiger partial charge < -0.3 is 9.80 Å². The molecule has 5 aromatic rings. The summed E-state index contributed by atoms with van der Waals surface area (Å²) in [4.78, 5) is 11.4. The summed E-state index contributed by atoms with van der Waals surface area (Å²) in [7, 11) is 2.22. The highest BCUT2D eigenvalue weighted by atomic mass is 32.2. The van der Waals surface area contributed by atoms with Crippen molar-refractivity contribution >= 4 is 28.7 Å². The molecular weight excluding hydrogens is 543 g/mol. The number of thioether (sulfide) groups is 1. The molecule has 0 aliphatic carbocycles. The van der Waals surface area contributed by atoms with Crippen molar-refractivity contribution in [2.75, 3.05) is 18.5 Å². The maximum Gasteiger partial charge on any atom is 0.0836 e. The first-order chi connectivity index (χ1) is 21.1. The molecule has 0 spiro atoms. The second-order valence-electron chi connectivity index (χ2n) is 11.7. The van der Waals surface area contributed by atoms with Gasteiger partial charge in [0.25, 0.3) is 0 Å². The number of hydrogen-bond donors (Lipinski definition) is 0. The van der Waals surface area contributed by atoms with E-state index in [9.17, 15) is 0 Å². The minimum atomic E-state index is 0.275. The number of benzene rings is 4. The molecule has 4 aromatic carbocycles. The second-order valence-corrected chi connectivity index (χ2v) is 12.8. The number of pyridine rings is 1. The van der Waals surface area contributed by atoms with Crippen molar-refractivity contribution in [3.8, 4) is 33.6 Å². The number of likely N-dealkylation sites (N-methyl/N-ethyl adjacent to an activating group) is 1. The van der Waals surface area contributed by atoms with Gasteiger partial charge in [-0.05, 0) is 53.4 Å². The van der Waals surface area contributed by atoms with E-state index in [1.807, 2.05) is 11.8 Å². The Morgan fingerprint density at radius 3 is 2.09 bits per heavy atom. The molecule has 0 saturated carbocycles. The van der Waals surface area contributed by atoms with Crippen LogP contribution >= 0.6 is 11.8 Å². The number of hydrogen-bond acceptors (Lipinski definition) is 4. The van der Waals surface area contributed by atoms with Gasteiger partial charge in [-0.15, -0.1) is 0 Å². The Hall–Kier alpha value is -4.54. The van der Waals surface area contributed by atoms with Crippen LogP contribution in [-0.2, 0) is 0 Å². The fraction of sp³-hybridized carbons (Fsp3) is 0.154. The molecule has 0 N–H and O–H groups in total. The quantitative estimate of drug-likeness (QED) is 0.213. The van der Waals surface area contributed by atoms with Crippen molar-refractivity contribution in [3.05, 3.63) is 138 Å². The molecule has 3 nitrogen and oxygen atoms in total. The van der Waals surface area contributed by atoms with E-state index in [1.165, 1.54) is 49.1 Å². The summed E-state index contributed by atoms with van der Waals surface area (Å²) in [6.07, 6.45) is 4.67. The Bertz CT molecular complexity index is 1870. The molecule has 2 atom stereocenters. The van der Waals surface area contributed by atoms with Gasteiger partial charge in [0.1, 0.15) is 0 Å². The molecule has 1 aromatic heterocycles. The van der Waals surface area contributed by atoms with Crippen molar-refractivity contribution in [1.29, 1.82) is 0 Å². The van der Waals surface area contributed by atoms with Crippen LogP contribution < -0.4 is 4.90 Å². The zero-order chi connectivity index (χ0) is 29.1. The highest BCUT2D eigenvalue weighted by Gasteiger charge is 2.39. The van der Waals surface area contributed by atoms with E-state index in [-0.39, 0.29) is 6.04 Å². The highest BCUT2D eigenvalue weighted by Crippen LogP contribution is 2.55. The topological polar surface area (TPSA) is 19.4 Å². The predicted octanol–water partition coefficient (Wildman–Crippen LogP) is 10.0. The second kappa shape index (κ2) is 10.3. The van der Waals surface area contributed by atoms with E-state index in [1.54, 1.807) is 0 Å². The molecule has 4 heteroatoms. The summed E-state index contributed by atoms with van der Waals surface area (Å²) < 4.78 is 0. The Balaban J connectivity index is 1.37. The van der Waals surface area contributed by atoms with E-state index >= 15 is 0 Å². The van der Waals surface area contributed by atoms with E-state index in [0.717, 1.165) is 29.1 Å². The molecule has 8 rings (SSSR count). The van der Waals surface area contributed by atoms with Gasteiger partial charge in [0.05, 0.1) is 16.4 Å². The first-order valence-electron chi connectivity index (χ1n) is 15.1. The summed E-state index contributed by atoms with van der Waals surface area (Å²) in [5, 5.41) is 1.34. The summed E-state index contributed by atoms with van der Waals surface area (Å²) in [6, 6.07) is 39.5. The molecule has 3 aliphatic heterocycles. The molecule has 0 amide bonds. The average Bonchev–Trinajstić information content (AvgIpc) is 3.21. The fourth-order valence-corrected chi connectivity index (χ4v) is 8.07. The van der Waals surface area contributed by atoms with Gasteiger partial charge in [0.2, 0.25) is 0 Å². The minimum Gasteiger partial charge on any atom is -0.365 e. The van der Waals surface area contributed by atoms with Crippen LogP contribution in [0.4, 0.5) is 11.4 Å². The lowest BCUT2D eigenvalue weighted by Crippen LogP contribution is -2.26. The van der Waals surface area contributed by atoms with Crippen LogP contribution in [0.3, 0.4) is 0 Å². The van der Waals surface area contributed by atoms with Crippen LogP contribution in [0.25, 0.3) is 39.2 Å². The van der Waals surface area contributed by atoms with Crippen LogP contribution in [0.1, 0.15) is 30.9 Å². The van der Waals surface area contributed by atoms with E-state index < -0.39 is 0 Å².